The first kappa shape index (κ1) is 19.4. The predicted octanol–water partition coefficient (Wildman–Crippen LogP) is 6.23. The molecule has 0 fully saturated rings. The number of phenols is 1. The Morgan fingerprint density at radius 2 is 1.40 bits per heavy atom. The van der Waals surface area contributed by atoms with Crippen molar-refractivity contribution in [3.8, 4) is 22.6 Å². The first-order chi connectivity index (χ1) is 11.5. The minimum atomic E-state index is -0.143. The Bertz CT molecular complexity index is 724. The maximum absolute atomic E-state index is 10.9. The third-order valence-electron chi connectivity index (χ3n) is 4.71. The normalized spacial score (nSPS) is 12.3. The molecule has 0 radical (unpaired) electrons. The van der Waals surface area contributed by atoms with Crippen molar-refractivity contribution >= 4 is 0 Å². The van der Waals surface area contributed by atoms with Crippen molar-refractivity contribution in [1.29, 1.82) is 0 Å². The van der Waals surface area contributed by atoms with Crippen LogP contribution in [0.2, 0.25) is 0 Å². The van der Waals surface area contributed by atoms with Crippen LogP contribution in [-0.4, -0.2) is 12.2 Å². The van der Waals surface area contributed by atoms with Gasteiger partial charge in [0.15, 0.2) is 0 Å². The van der Waals surface area contributed by atoms with Gasteiger partial charge in [0.2, 0.25) is 0 Å². The lowest BCUT2D eigenvalue weighted by molar-refractivity contribution is 0.415. The van der Waals surface area contributed by atoms with Crippen LogP contribution in [-0.2, 0) is 17.3 Å². The first-order valence-corrected chi connectivity index (χ1v) is 9.04. The molecule has 0 spiro atoms. The Kier molecular flexibility index (Phi) is 5.22. The van der Waals surface area contributed by atoms with Crippen LogP contribution in [0.5, 0.6) is 11.5 Å². The van der Waals surface area contributed by atoms with E-state index in [0.717, 1.165) is 34.4 Å². The van der Waals surface area contributed by atoms with Gasteiger partial charge in [-0.25, -0.2) is 0 Å². The molecule has 0 unspecified atom stereocenters. The molecule has 136 valence electrons. The van der Waals surface area contributed by atoms with E-state index in [1.807, 2.05) is 6.07 Å². The van der Waals surface area contributed by atoms with E-state index in [1.54, 1.807) is 7.11 Å². The van der Waals surface area contributed by atoms with Gasteiger partial charge in [0.05, 0.1) is 7.11 Å². The van der Waals surface area contributed by atoms with E-state index in [4.69, 9.17) is 4.74 Å². The van der Waals surface area contributed by atoms with E-state index in [1.165, 1.54) is 5.56 Å². The van der Waals surface area contributed by atoms with E-state index < -0.39 is 0 Å². The number of ether oxygens (including phenoxy) is 1. The number of rotatable bonds is 3. The minimum Gasteiger partial charge on any atom is -0.507 e. The van der Waals surface area contributed by atoms with Gasteiger partial charge in [-0.05, 0) is 52.6 Å². The van der Waals surface area contributed by atoms with Crippen LogP contribution in [0.3, 0.4) is 0 Å². The zero-order valence-corrected chi connectivity index (χ0v) is 16.9. The Morgan fingerprint density at radius 1 is 0.880 bits per heavy atom. The highest BCUT2D eigenvalue weighted by Crippen LogP contribution is 2.43. The van der Waals surface area contributed by atoms with E-state index in [9.17, 15) is 5.11 Å². The zero-order chi connectivity index (χ0) is 19.0. The van der Waals surface area contributed by atoms with Gasteiger partial charge >= 0.3 is 0 Å². The monoisotopic (exact) mass is 340 g/mol. The Labute approximate surface area is 152 Å². The molecule has 0 amide bonds. The summed E-state index contributed by atoms with van der Waals surface area (Å²) in [4.78, 5) is 0. The molecule has 0 saturated carbocycles. The molecular formula is C23H32O2. The fourth-order valence-electron chi connectivity index (χ4n) is 3.13. The molecule has 0 aliphatic carbocycles. The molecule has 1 N–H and O–H groups in total. The summed E-state index contributed by atoms with van der Waals surface area (Å²) in [6, 6.07) is 10.6. The van der Waals surface area contributed by atoms with Crippen molar-refractivity contribution in [3.63, 3.8) is 0 Å². The van der Waals surface area contributed by atoms with Crippen LogP contribution in [0.1, 0.15) is 65.2 Å². The van der Waals surface area contributed by atoms with Gasteiger partial charge in [0, 0.05) is 16.7 Å². The molecule has 2 aromatic carbocycles. The van der Waals surface area contributed by atoms with Gasteiger partial charge in [-0.1, -0.05) is 54.5 Å². The lowest BCUT2D eigenvalue weighted by Gasteiger charge is -2.28. The summed E-state index contributed by atoms with van der Waals surface area (Å²) in [6.07, 6.45) is 0.979. The minimum absolute atomic E-state index is 0.143. The molecule has 0 bridgehead atoms. The zero-order valence-electron chi connectivity index (χ0n) is 16.9. The van der Waals surface area contributed by atoms with Gasteiger partial charge in [0.25, 0.3) is 0 Å². The first-order valence-electron chi connectivity index (χ1n) is 9.04. The fourth-order valence-corrected chi connectivity index (χ4v) is 3.13. The van der Waals surface area contributed by atoms with Crippen molar-refractivity contribution in [2.45, 2.75) is 65.7 Å². The number of aryl methyl sites for hydroxylation is 1. The van der Waals surface area contributed by atoms with Gasteiger partial charge < -0.3 is 9.84 Å². The number of phenolic OH excluding ortho intramolecular Hbond substituents is 1. The van der Waals surface area contributed by atoms with Crippen LogP contribution in [0.15, 0.2) is 30.3 Å². The van der Waals surface area contributed by atoms with Crippen LogP contribution in [0, 0.1) is 0 Å². The van der Waals surface area contributed by atoms with Gasteiger partial charge in [0.1, 0.15) is 11.5 Å². The van der Waals surface area contributed by atoms with E-state index in [2.05, 4.69) is 72.7 Å². The summed E-state index contributed by atoms with van der Waals surface area (Å²) in [5.74, 6) is 1.27. The van der Waals surface area contributed by atoms with Crippen molar-refractivity contribution in [1.82, 2.24) is 0 Å². The van der Waals surface area contributed by atoms with Gasteiger partial charge in [-0.3, -0.25) is 0 Å². The van der Waals surface area contributed by atoms with Crippen molar-refractivity contribution in [2.24, 2.45) is 0 Å². The maximum atomic E-state index is 10.9. The molecule has 0 atom stereocenters. The van der Waals surface area contributed by atoms with Crippen LogP contribution in [0.25, 0.3) is 11.1 Å². The van der Waals surface area contributed by atoms with E-state index >= 15 is 0 Å². The maximum Gasteiger partial charge on any atom is 0.126 e. The smallest absolute Gasteiger partial charge is 0.126 e. The van der Waals surface area contributed by atoms with Crippen LogP contribution < -0.4 is 4.74 Å². The molecule has 0 aromatic heterocycles. The summed E-state index contributed by atoms with van der Waals surface area (Å²) < 4.78 is 5.62. The number of methoxy groups -OCH3 is 1. The lowest BCUT2D eigenvalue weighted by Crippen LogP contribution is -2.17. The topological polar surface area (TPSA) is 29.5 Å². The molecule has 2 aromatic rings. The third-order valence-corrected chi connectivity index (χ3v) is 4.71. The highest BCUT2D eigenvalue weighted by molar-refractivity contribution is 5.74. The van der Waals surface area contributed by atoms with Crippen molar-refractivity contribution in [2.75, 3.05) is 7.11 Å². The van der Waals surface area contributed by atoms with Gasteiger partial charge in [-0.2, -0.15) is 0 Å². The quantitative estimate of drug-likeness (QED) is 0.718. The van der Waals surface area contributed by atoms with Gasteiger partial charge in [-0.15, -0.1) is 0 Å². The van der Waals surface area contributed by atoms with Crippen molar-refractivity contribution < 1.29 is 9.84 Å². The predicted molar refractivity (Wildman–Crippen MR) is 107 cm³/mol. The summed E-state index contributed by atoms with van der Waals surface area (Å²) in [7, 11) is 1.71. The van der Waals surface area contributed by atoms with Crippen molar-refractivity contribution in [3.05, 3.63) is 47.0 Å². The average molecular weight is 341 g/mol. The number of benzene rings is 2. The van der Waals surface area contributed by atoms with Crippen LogP contribution >= 0.6 is 0 Å². The lowest BCUT2D eigenvalue weighted by atomic mass is 9.77. The Hall–Kier alpha value is -1.96. The van der Waals surface area contributed by atoms with Crippen LogP contribution in [0.4, 0.5) is 0 Å². The molecule has 2 nitrogen and oxygen atoms in total. The second kappa shape index (κ2) is 6.74. The summed E-state index contributed by atoms with van der Waals surface area (Å²) in [5.41, 5.74) is 5.11. The Morgan fingerprint density at radius 3 is 1.80 bits per heavy atom. The second-order valence-corrected chi connectivity index (χ2v) is 8.81. The molecule has 25 heavy (non-hydrogen) atoms. The summed E-state index contributed by atoms with van der Waals surface area (Å²) in [6.45, 7) is 15.0. The molecule has 0 aliphatic heterocycles. The molecule has 2 rings (SSSR count). The summed E-state index contributed by atoms with van der Waals surface area (Å²) >= 11 is 0. The molecule has 0 heterocycles. The van der Waals surface area contributed by atoms with E-state index in [-0.39, 0.29) is 10.8 Å². The molecule has 0 saturated heterocycles. The highest BCUT2D eigenvalue weighted by Gasteiger charge is 2.27. The Balaban J connectivity index is 2.83. The standard InChI is InChI=1S/C23H32O2/c1-9-15-10-11-20(25-8)17(12-15)16-13-18(22(2,3)4)21(24)19(14-16)23(5,6)7/h10-14,24H,9H2,1-8H3. The van der Waals surface area contributed by atoms with E-state index in [0.29, 0.717) is 5.75 Å². The molecular weight excluding hydrogens is 308 g/mol. The molecule has 0 aliphatic rings. The average Bonchev–Trinajstić information content (AvgIpc) is 2.52. The number of hydrogen-bond acceptors (Lipinski definition) is 2. The number of aromatic hydroxyl groups is 1. The number of hydrogen-bond donors (Lipinski definition) is 1. The summed E-state index contributed by atoms with van der Waals surface area (Å²) in [5, 5.41) is 10.9. The second-order valence-electron chi connectivity index (χ2n) is 8.81. The highest BCUT2D eigenvalue weighted by atomic mass is 16.5. The SMILES string of the molecule is CCc1ccc(OC)c(-c2cc(C(C)(C)C)c(O)c(C(C)(C)C)c2)c1. The molecule has 2 heteroatoms. The third kappa shape index (κ3) is 4.00. The largest absolute Gasteiger partial charge is 0.507 e. The fraction of sp³-hybridized carbons (Fsp3) is 0.478.